The minimum atomic E-state index is -0.831. The van der Waals surface area contributed by atoms with Gasteiger partial charge in [-0.1, -0.05) is 54.6 Å². The van der Waals surface area contributed by atoms with Crippen LogP contribution in [0.15, 0.2) is 84.4 Å². The molecule has 1 amide bonds. The van der Waals surface area contributed by atoms with E-state index in [1.165, 1.54) is 19.1 Å². The van der Waals surface area contributed by atoms with E-state index >= 15 is 0 Å². The Hall–Kier alpha value is -4.06. The molecule has 3 aromatic carbocycles. The van der Waals surface area contributed by atoms with E-state index in [1.54, 1.807) is 66.7 Å². The highest BCUT2D eigenvalue weighted by atomic mass is 16.5. The molecule has 3 aromatic rings. The summed E-state index contributed by atoms with van der Waals surface area (Å²) in [5.41, 5.74) is 1.64. The van der Waals surface area contributed by atoms with Crippen molar-refractivity contribution in [3.05, 3.63) is 95.6 Å². The van der Waals surface area contributed by atoms with Gasteiger partial charge in [-0.05, 0) is 29.8 Å². The number of aliphatic hydroxyl groups is 1. The van der Waals surface area contributed by atoms with E-state index in [2.05, 4.69) is 0 Å². The lowest BCUT2D eigenvalue weighted by Crippen LogP contribution is -2.29. The number of Topliss-reactive ketones (excluding diaryl/α,β-unsaturated/α-hetero) is 1. The van der Waals surface area contributed by atoms with E-state index in [0.717, 1.165) is 0 Å². The van der Waals surface area contributed by atoms with Crippen molar-refractivity contribution < 1.29 is 24.2 Å². The average Bonchev–Trinajstić information content (AvgIpc) is 3.09. The summed E-state index contributed by atoms with van der Waals surface area (Å²) < 4.78 is 10.7. The van der Waals surface area contributed by atoms with Gasteiger partial charge in [-0.15, -0.1) is 0 Å². The number of ether oxygens (including phenoxy) is 2. The van der Waals surface area contributed by atoms with Crippen molar-refractivity contribution in [1.29, 1.82) is 0 Å². The van der Waals surface area contributed by atoms with E-state index in [-0.39, 0.29) is 11.3 Å². The van der Waals surface area contributed by atoms with Crippen LogP contribution < -0.4 is 14.4 Å². The molecule has 1 fully saturated rings. The van der Waals surface area contributed by atoms with Crippen LogP contribution in [-0.2, 0) is 9.59 Å². The molecule has 0 unspecified atom stereocenters. The first kappa shape index (κ1) is 20.2. The quantitative estimate of drug-likeness (QED) is 0.381. The maximum Gasteiger partial charge on any atom is 0.300 e. The minimum Gasteiger partial charge on any atom is -0.507 e. The van der Waals surface area contributed by atoms with Gasteiger partial charge in [0.25, 0.3) is 11.7 Å². The summed E-state index contributed by atoms with van der Waals surface area (Å²) >= 11 is 0. The van der Waals surface area contributed by atoms with Crippen LogP contribution in [-0.4, -0.2) is 31.0 Å². The molecule has 0 saturated carbocycles. The monoisotopic (exact) mass is 415 g/mol. The van der Waals surface area contributed by atoms with Crippen LogP contribution in [0.2, 0.25) is 0 Å². The number of amides is 1. The topological polar surface area (TPSA) is 76.1 Å². The van der Waals surface area contributed by atoms with Crippen LogP contribution in [0.3, 0.4) is 0 Å². The molecule has 1 N–H and O–H groups in total. The molecule has 0 aromatic heterocycles. The molecule has 6 heteroatoms. The maximum absolute atomic E-state index is 13.1. The molecule has 6 nitrogen and oxygen atoms in total. The predicted molar refractivity (Wildman–Crippen MR) is 117 cm³/mol. The number of hydrogen-bond acceptors (Lipinski definition) is 5. The standard InChI is InChI=1S/C25H21NO5/c1-30-19-14-13-17(15-20(19)31-2)22-21(23(27)16-9-5-3-6-10-16)24(28)25(29)26(22)18-11-7-4-8-12-18/h3-15,22,27H,1-2H3/t22-/m0/s1. The zero-order valence-corrected chi connectivity index (χ0v) is 17.1. The molecular weight excluding hydrogens is 394 g/mol. The van der Waals surface area contributed by atoms with Gasteiger partial charge < -0.3 is 14.6 Å². The fourth-order valence-electron chi connectivity index (χ4n) is 3.78. The van der Waals surface area contributed by atoms with Crippen LogP contribution in [0.1, 0.15) is 17.2 Å². The van der Waals surface area contributed by atoms with Crippen LogP contribution in [0.4, 0.5) is 5.69 Å². The second-order valence-electron chi connectivity index (χ2n) is 6.99. The summed E-state index contributed by atoms with van der Waals surface area (Å²) in [6.07, 6.45) is 0. The van der Waals surface area contributed by atoms with E-state index in [0.29, 0.717) is 28.3 Å². The van der Waals surface area contributed by atoms with Crippen molar-refractivity contribution in [2.45, 2.75) is 6.04 Å². The van der Waals surface area contributed by atoms with Gasteiger partial charge in [0.15, 0.2) is 11.5 Å². The molecule has 31 heavy (non-hydrogen) atoms. The van der Waals surface area contributed by atoms with Gasteiger partial charge in [-0.2, -0.15) is 0 Å². The molecule has 156 valence electrons. The Morgan fingerprint density at radius 1 is 0.839 bits per heavy atom. The van der Waals surface area contributed by atoms with E-state index in [4.69, 9.17) is 9.47 Å². The van der Waals surface area contributed by atoms with Crippen molar-refractivity contribution in [2.24, 2.45) is 0 Å². The largest absolute Gasteiger partial charge is 0.507 e. The molecule has 1 aliphatic rings. The number of benzene rings is 3. The molecule has 1 atom stereocenters. The lowest BCUT2D eigenvalue weighted by atomic mass is 9.94. The molecule has 1 aliphatic heterocycles. The summed E-state index contributed by atoms with van der Waals surface area (Å²) in [6, 6.07) is 22.0. The highest BCUT2D eigenvalue weighted by molar-refractivity contribution is 6.51. The number of aliphatic hydroxyl groups excluding tert-OH is 1. The van der Waals surface area contributed by atoms with Gasteiger partial charge in [0.1, 0.15) is 5.76 Å². The molecule has 0 spiro atoms. The zero-order valence-electron chi connectivity index (χ0n) is 17.1. The van der Waals surface area contributed by atoms with Gasteiger partial charge in [0.05, 0.1) is 25.8 Å². The predicted octanol–water partition coefficient (Wildman–Crippen LogP) is 4.33. The lowest BCUT2D eigenvalue weighted by Gasteiger charge is -2.26. The van der Waals surface area contributed by atoms with Gasteiger partial charge in [0, 0.05) is 11.3 Å². The summed E-state index contributed by atoms with van der Waals surface area (Å²) in [6.45, 7) is 0. The lowest BCUT2D eigenvalue weighted by molar-refractivity contribution is -0.132. The Kier molecular flexibility index (Phi) is 5.45. The zero-order chi connectivity index (χ0) is 22.0. The van der Waals surface area contributed by atoms with E-state index in [1.807, 2.05) is 12.1 Å². The third kappa shape index (κ3) is 3.53. The number of ketones is 1. The van der Waals surface area contributed by atoms with Crippen molar-refractivity contribution in [1.82, 2.24) is 0 Å². The average molecular weight is 415 g/mol. The Balaban J connectivity index is 1.96. The number of hydrogen-bond donors (Lipinski definition) is 1. The molecule has 4 rings (SSSR count). The second-order valence-corrected chi connectivity index (χ2v) is 6.99. The number of carbonyl (C=O) groups excluding carboxylic acids is 2. The Bertz CT molecular complexity index is 1160. The summed E-state index contributed by atoms with van der Waals surface area (Å²) in [5.74, 6) is -0.699. The number of nitrogens with zero attached hydrogens (tertiary/aromatic N) is 1. The molecule has 0 bridgehead atoms. The van der Waals surface area contributed by atoms with Gasteiger partial charge in [-0.3, -0.25) is 14.5 Å². The first-order valence-corrected chi connectivity index (χ1v) is 9.70. The molecule has 1 saturated heterocycles. The smallest absolute Gasteiger partial charge is 0.300 e. The van der Waals surface area contributed by atoms with Crippen LogP contribution >= 0.6 is 0 Å². The fraction of sp³-hybridized carbons (Fsp3) is 0.120. The van der Waals surface area contributed by atoms with E-state index in [9.17, 15) is 14.7 Å². The fourth-order valence-corrected chi connectivity index (χ4v) is 3.78. The van der Waals surface area contributed by atoms with E-state index < -0.39 is 17.7 Å². The van der Waals surface area contributed by atoms with Crippen molar-refractivity contribution >= 4 is 23.1 Å². The van der Waals surface area contributed by atoms with Crippen molar-refractivity contribution in [3.8, 4) is 11.5 Å². The third-order valence-corrected chi connectivity index (χ3v) is 5.25. The Labute approximate surface area is 180 Å². The SMILES string of the molecule is COc1ccc([C@H]2C(=C(O)c3ccccc3)C(=O)C(=O)N2c2ccccc2)cc1OC. The van der Waals surface area contributed by atoms with Crippen LogP contribution in [0.5, 0.6) is 11.5 Å². The molecule has 1 heterocycles. The van der Waals surface area contributed by atoms with Gasteiger partial charge >= 0.3 is 0 Å². The number of carbonyl (C=O) groups is 2. The molecular formula is C25H21NO5. The highest BCUT2D eigenvalue weighted by Crippen LogP contribution is 2.43. The summed E-state index contributed by atoms with van der Waals surface area (Å²) in [4.78, 5) is 27.6. The Morgan fingerprint density at radius 2 is 1.45 bits per heavy atom. The van der Waals surface area contributed by atoms with Gasteiger partial charge in [-0.25, -0.2) is 0 Å². The minimum absolute atomic E-state index is 0.0206. The number of anilines is 1. The summed E-state index contributed by atoms with van der Waals surface area (Å²) in [5, 5.41) is 11.1. The summed E-state index contributed by atoms with van der Waals surface area (Å²) in [7, 11) is 3.04. The van der Waals surface area contributed by atoms with Crippen LogP contribution in [0, 0.1) is 0 Å². The first-order chi connectivity index (χ1) is 15.1. The van der Waals surface area contributed by atoms with Gasteiger partial charge in [0.2, 0.25) is 0 Å². The number of rotatable bonds is 5. The number of methoxy groups -OCH3 is 2. The third-order valence-electron chi connectivity index (χ3n) is 5.25. The molecule has 0 aliphatic carbocycles. The van der Waals surface area contributed by atoms with Crippen LogP contribution in [0.25, 0.3) is 5.76 Å². The first-order valence-electron chi connectivity index (χ1n) is 9.70. The number of para-hydroxylation sites is 1. The van der Waals surface area contributed by atoms with Crippen molar-refractivity contribution in [3.63, 3.8) is 0 Å². The van der Waals surface area contributed by atoms with Crippen molar-refractivity contribution in [2.75, 3.05) is 19.1 Å². The normalized spacial score (nSPS) is 17.6. The molecule has 0 radical (unpaired) electrons. The highest BCUT2D eigenvalue weighted by Gasteiger charge is 2.47. The maximum atomic E-state index is 13.1. The Morgan fingerprint density at radius 3 is 2.06 bits per heavy atom. The second kappa shape index (κ2) is 8.36.